The third-order valence-electron chi connectivity index (χ3n) is 2.70. The normalized spacial score (nSPS) is 10.8. The van der Waals surface area contributed by atoms with Crippen molar-refractivity contribution in [2.24, 2.45) is 7.05 Å². The predicted octanol–water partition coefficient (Wildman–Crippen LogP) is 3.93. The van der Waals surface area contributed by atoms with Crippen LogP contribution in [0.3, 0.4) is 0 Å². The molecule has 0 aliphatic heterocycles. The number of rotatable bonds is 3. The molecule has 1 N–H and O–H groups in total. The first kappa shape index (κ1) is 14.1. The minimum atomic E-state index is -0.750. The van der Waals surface area contributed by atoms with Crippen molar-refractivity contribution in [3.63, 3.8) is 0 Å². The summed E-state index contributed by atoms with van der Waals surface area (Å²) in [6.07, 6.45) is 0. The SMILES string of the molecule is Cc1nn(C)c(CNc2c(F)cc(F)cc2Cl)c1Cl. The van der Waals surface area contributed by atoms with Gasteiger partial charge in [-0.1, -0.05) is 23.2 Å². The van der Waals surface area contributed by atoms with E-state index < -0.39 is 11.6 Å². The Balaban J connectivity index is 2.24. The van der Waals surface area contributed by atoms with Crippen LogP contribution in [0.5, 0.6) is 0 Å². The number of anilines is 1. The molecular weight excluding hydrogens is 295 g/mol. The first-order valence-electron chi connectivity index (χ1n) is 5.46. The van der Waals surface area contributed by atoms with Crippen molar-refractivity contribution in [2.75, 3.05) is 5.32 Å². The summed E-state index contributed by atoms with van der Waals surface area (Å²) in [7, 11) is 1.73. The Kier molecular flexibility index (Phi) is 3.96. The van der Waals surface area contributed by atoms with Gasteiger partial charge in [-0.2, -0.15) is 5.10 Å². The molecule has 3 nitrogen and oxygen atoms in total. The molecule has 0 spiro atoms. The summed E-state index contributed by atoms with van der Waals surface area (Å²) in [5.74, 6) is -1.47. The first-order valence-corrected chi connectivity index (χ1v) is 6.22. The molecule has 0 bridgehead atoms. The van der Waals surface area contributed by atoms with Gasteiger partial charge in [0.2, 0.25) is 0 Å². The Morgan fingerprint density at radius 2 is 2.00 bits per heavy atom. The summed E-state index contributed by atoms with van der Waals surface area (Å²) in [6, 6.07) is 1.81. The van der Waals surface area contributed by atoms with Crippen molar-refractivity contribution in [3.8, 4) is 0 Å². The smallest absolute Gasteiger partial charge is 0.150 e. The standard InChI is InChI=1S/C12H11Cl2F2N3/c1-6-11(14)10(19(2)18-6)5-17-12-8(13)3-7(15)4-9(12)16/h3-4,17H,5H2,1-2H3. The Morgan fingerprint density at radius 1 is 1.32 bits per heavy atom. The molecule has 102 valence electrons. The van der Waals surface area contributed by atoms with Crippen molar-refractivity contribution in [1.82, 2.24) is 9.78 Å². The fraction of sp³-hybridized carbons (Fsp3) is 0.250. The van der Waals surface area contributed by atoms with Crippen LogP contribution in [0.25, 0.3) is 0 Å². The van der Waals surface area contributed by atoms with E-state index >= 15 is 0 Å². The summed E-state index contributed by atoms with van der Waals surface area (Å²) in [5.41, 5.74) is 1.42. The number of benzene rings is 1. The Labute approximate surface area is 119 Å². The molecule has 0 saturated heterocycles. The quantitative estimate of drug-likeness (QED) is 0.931. The molecule has 1 aromatic carbocycles. The molecular formula is C12H11Cl2F2N3. The molecule has 0 fully saturated rings. The third kappa shape index (κ3) is 2.82. The maximum atomic E-state index is 13.6. The molecule has 0 amide bonds. The van der Waals surface area contributed by atoms with Crippen LogP contribution in [-0.2, 0) is 13.6 Å². The number of hydrogen-bond donors (Lipinski definition) is 1. The monoisotopic (exact) mass is 305 g/mol. The van der Waals surface area contributed by atoms with E-state index in [1.165, 1.54) is 0 Å². The zero-order chi connectivity index (χ0) is 14.2. The van der Waals surface area contributed by atoms with Gasteiger partial charge in [0.25, 0.3) is 0 Å². The van der Waals surface area contributed by atoms with Gasteiger partial charge in [-0.25, -0.2) is 8.78 Å². The molecule has 1 aromatic heterocycles. The fourth-order valence-electron chi connectivity index (χ4n) is 1.76. The Bertz CT molecular complexity index is 603. The van der Waals surface area contributed by atoms with Gasteiger partial charge >= 0.3 is 0 Å². The Hall–Kier alpha value is -1.33. The second-order valence-corrected chi connectivity index (χ2v) is 4.85. The van der Waals surface area contributed by atoms with Crippen LogP contribution in [0.1, 0.15) is 11.4 Å². The lowest BCUT2D eigenvalue weighted by Crippen LogP contribution is -2.07. The van der Waals surface area contributed by atoms with E-state index in [-0.39, 0.29) is 17.3 Å². The van der Waals surface area contributed by atoms with Crippen molar-refractivity contribution < 1.29 is 8.78 Å². The van der Waals surface area contributed by atoms with E-state index in [0.717, 1.165) is 12.1 Å². The van der Waals surface area contributed by atoms with E-state index in [4.69, 9.17) is 23.2 Å². The van der Waals surface area contributed by atoms with Crippen LogP contribution in [0.2, 0.25) is 10.0 Å². The van der Waals surface area contributed by atoms with Crippen molar-refractivity contribution in [3.05, 3.63) is 45.2 Å². The van der Waals surface area contributed by atoms with E-state index in [1.54, 1.807) is 18.7 Å². The molecule has 2 aromatic rings. The van der Waals surface area contributed by atoms with E-state index in [0.29, 0.717) is 16.4 Å². The highest BCUT2D eigenvalue weighted by Crippen LogP contribution is 2.28. The second-order valence-electron chi connectivity index (χ2n) is 4.07. The van der Waals surface area contributed by atoms with Crippen molar-refractivity contribution in [1.29, 1.82) is 0 Å². The maximum absolute atomic E-state index is 13.6. The highest BCUT2D eigenvalue weighted by molar-refractivity contribution is 6.33. The lowest BCUT2D eigenvalue weighted by molar-refractivity contribution is 0.585. The van der Waals surface area contributed by atoms with Crippen LogP contribution in [0.15, 0.2) is 12.1 Å². The molecule has 0 atom stereocenters. The molecule has 7 heteroatoms. The van der Waals surface area contributed by atoms with Gasteiger partial charge in [-0.15, -0.1) is 0 Å². The molecule has 0 saturated carbocycles. The average Bonchev–Trinajstić information content (AvgIpc) is 2.53. The average molecular weight is 306 g/mol. The van der Waals surface area contributed by atoms with Gasteiger partial charge in [-0.05, 0) is 13.0 Å². The molecule has 2 rings (SSSR count). The highest BCUT2D eigenvalue weighted by atomic mass is 35.5. The Morgan fingerprint density at radius 3 is 2.53 bits per heavy atom. The fourth-order valence-corrected chi connectivity index (χ4v) is 2.24. The zero-order valence-corrected chi connectivity index (χ0v) is 11.8. The van der Waals surface area contributed by atoms with Gasteiger partial charge in [0.15, 0.2) is 5.82 Å². The summed E-state index contributed by atoms with van der Waals surface area (Å²) >= 11 is 11.9. The minimum absolute atomic E-state index is 0.0208. The highest BCUT2D eigenvalue weighted by Gasteiger charge is 2.14. The van der Waals surface area contributed by atoms with Gasteiger partial charge in [0.05, 0.1) is 33.7 Å². The summed E-state index contributed by atoms with van der Waals surface area (Å²) in [4.78, 5) is 0. The van der Waals surface area contributed by atoms with Crippen LogP contribution in [0.4, 0.5) is 14.5 Å². The molecule has 0 aliphatic rings. The molecule has 0 radical (unpaired) electrons. The zero-order valence-electron chi connectivity index (χ0n) is 10.3. The van der Waals surface area contributed by atoms with E-state index in [2.05, 4.69) is 10.4 Å². The predicted molar refractivity (Wildman–Crippen MR) is 71.6 cm³/mol. The number of aryl methyl sites for hydroxylation is 2. The minimum Gasteiger partial charge on any atom is -0.376 e. The van der Waals surface area contributed by atoms with E-state index in [1.807, 2.05) is 0 Å². The van der Waals surface area contributed by atoms with Crippen LogP contribution < -0.4 is 5.32 Å². The summed E-state index contributed by atoms with van der Waals surface area (Å²) in [6.45, 7) is 2.01. The number of aromatic nitrogens is 2. The molecule has 19 heavy (non-hydrogen) atoms. The van der Waals surface area contributed by atoms with Gasteiger partial charge in [0, 0.05) is 13.1 Å². The van der Waals surface area contributed by atoms with Crippen LogP contribution in [-0.4, -0.2) is 9.78 Å². The third-order valence-corrected chi connectivity index (χ3v) is 3.49. The summed E-state index contributed by atoms with van der Waals surface area (Å²) < 4.78 is 28.1. The topological polar surface area (TPSA) is 29.9 Å². The molecule has 0 aliphatic carbocycles. The van der Waals surface area contributed by atoms with Crippen LogP contribution >= 0.6 is 23.2 Å². The number of nitrogens with zero attached hydrogens (tertiary/aromatic N) is 2. The van der Waals surface area contributed by atoms with Crippen molar-refractivity contribution >= 4 is 28.9 Å². The van der Waals surface area contributed by atoms with Gasteiger partial charge in [-0.3, -0.25) is 4.68 Å². The first-order chi connectivity index (χ1) is 8.90. The lowest BCUT2D eigenvalue weighted by atomic mass is 10.2. The number of hydrogen-bond acceptors (Lipinski definition) is 2. The molecule has 0 unspecified atom stereocenters. The molecule has 1 heterocycles. The summed E-state index contributed by atoms with van der Waals surface area (Å²) in [5, 5.41) is 7.43. The van der Waals surface area contributed by atoms with Crippen LogP contribution in [0, 0.1) is 18.6 Å². The maximum Gasteiger partial charge on any atom is 0.150 e. The lowest BCUT2D eigenvalue weighted by Gasteiger charge is -2.10. The number of halogens is 4. The van der Waals surface area contributed by atoms with Gasteiger partial charge in [0.1, 0.15) is 5.82 Å². The van der Waals surface area contributed by atoms with E-state index in [9.17, 15) is 8.78 Å². The van der Waals surface area contributed by atoms with Crippen molar-refractivity contribution in [2.45, 2.75) is 13.5 Å². The number of nitrogens with one attached hydrogen (secondary N) is 1. The van der Waals surface area contributed by atoms with Gasteiger partial charge < -0.3 is 5.32 Å². The largest absolute Gasteiger partial charge is 0.376 e. The second kappa shape index (κ2) is 5.35.